The van der Waals surface area contributed by atoms with Crippen molar-refractivity contribution in [1.29, 1.82) is 0 Å². The summed E-state index contributed by atoms with van der Waals surface area (Å²) in [6, 6.07) is 12.1. The normalized spacial score (nSPS) is 12.2. The molecule has 0 saturated carbocycles. The summed E-state index contributed by atoms with van der Waals surface area (Å²) < 4.78 is 20.9. The molecule has 0 aliphatic heterocycles. The van der Waals surface area contributed by atoms with Crippen molar-refractivity contribution in [3.05, 3.63) is 70.3 Å². The van der Waals surface area contributed by atoms with E-state index in [0.717, 1.165) is 16.3 Å². The van der Waals surface area contributed by atoms with E-state index in [9.17, 15) is 4.39 Å². The van der Waals surface area contributed by atoms with Crippen LogP contribution in [0.5, 0.6) is 5.75 Å². The maximum atomic E-state index is 13.0. The maximum Gasteiger partial charge on any atom is 0.191 e. The molecule has 0 radical (unpaired) electrons. The molecule has 3 rings (SSSR count). The van der Waals surface area contributed by atoms with Crippen LogP contribution < -0.4 is 4.74 Å². The Morgan fingerprint density at radius 2 is 1.92 bits per heavy atom. The van der Waals surface area contributed by atoms with Gasteiger partial charge in [-0.1, -0.05) is 41.6 Å². The van der Waals surface area contributed by atoms with Crippen LogP contribution in [0.1, 0.15) is 30.0 Å². The number of nitrogens with zero attached hydrogens (tertiary/aromatic N) is 3. The number of aryl methyl sites for hydroxylation is 1. The minimum atomic E-state index is -0.299. The molecular weight excluding hydrogens is 373 g/mol. The Hall–Kier alpha value is -2.05. The highest BCUT2D eigenvalue weighted by atomic mass is 35.5. The third-order valence-electron chi connectivity index (χ3n) is 3.90. The number of hydrogen-bond acceptors (Lipinski definition) is 4. The molecule has 0 saturated heterocycles. The van der Waals surface area contributed by atoms with Crippen molar-refractivity contribution < 1.29 is 9.13 Å². The third-order valence-corrected chi connectivity index (χ3v) is 5.31. The fourth-order valence-corrected chi connectivity index (χ4v) is 3.51. The average molecular weight is 392 g/mol. The quantitative estimate of drug-likeness (QED) is 0.531. The molecule has 3 aromatic rings. The van der Waals surface area contributed by atoms with Crippen molar-refractivity contribution in [2.45, 2.75) is 30.9 Å². The van der Waals surface area contributed by atoms with Gasteiger partial charge in [-0.25, -0.2) is 4.39 Å². The zero-order valence-electron chi connectivity index (χ0n) is 14.7. The highest BCUT2D eigenvalue weighted by Gasteiger charge is 2.18. The van der Waals surface area contributed by atoms with Crippen LogP contribution in [-0.4, -0.2) is 14.8 Å². The molecular formula is C19H19ClFN3OS. The Labute approximate surface area is 161 Å². The van der Waals surface area contributed by atoms with Crippen LogP contribution in [0.3, 0.4) is 0 Å². The highest BCUT2D eigenvalue weighted by molar-refractivity contribution is 7.98. The second-order valence-corrected chi connectivity index (χ2v) is 7.36. The average Bonchev–Trinajstić information content (AvgIpc) is 2.98. The van der Waals surface area contributed by atoms with Gasteiger partial charge in [0, 0.05) is 12.8 Å². The molecule has 1 unspecified atom stereocenters. The lowest BCUT2D eigenvalue weighted by Gasteiger charge is -2.15. The molecule has 0 N–H and O–H groups in total. The second-order valence-electron chi connectivity index (χ2n) is 6.01. The number of benzene rings is 2. The van der Waals surface area contributed by atoms with E-state index in [0.29, 0.717) is 22.3 Å². The Balaban J connectivity index is 1.69. The number of ether oxygens (including phenoxy) is 1. The molecule has 0 bridgehead atoms. The Morgan fingerprint density at radius 3 is 2.65 bits per heavy atom. The molecule has 4 nitrogen and oxygen atoms in total. The molecule has 0 aliphatic rings. The van der Waals surface area contributed by atoms with Gasteiger partial charge in [-0.2, -0.15) is 0 Å². The smallest absolute Gasteiger partial charge is 0.191 e. The minimum Gasteiger partial charge on any atom is -0.481 e. The predicted octanol–water partition coefficient (Wildman–Crippen LogP) is 5.35. The molecule has 0 fully saturated rings. The molecule has 26 heavy (non-hydrogen) atoms. The largest absolute Gasteiger partial charge is 0.481 e. The van der Waals surface area contributed by atoms with E-state index in [-0.39, 0.29) is 11.9 Å². The molecule has 1 atom stereocenters. The predicted molar refractivity (Wildman–Crippen MR) is 102 cm³/mol. The molecule has 0 amide bonds. The van der Waals surface area contributed by atoms with Gasteiger partial charge in [0.2, 0.25) is 0 Å². The van der Waals surface area contributed by atoms with Crippen LogP contribution in [0.25, 0.3) is 0 Å². The van der Waals surface area contributed by atoms with Crippen molar-refractivity contribution >= 4 is 23.4 Å². The van der Waals surface area contributed by atoms with E-state index in [1.807, 2.05) is 43.7 Å². The SMILES string of the molecule is Cc1ccc(Cl)c(OC(C)c2nnc(SCc3ccc(F)cc3)n2C)c1. The van der Waals surface area contributed by atoms with Gasteiger partial charge in [0.05, 0.1) is 5.02 Å². The Bertz CT molecular complexity index is 898. The van der Waals surface area contributed by atoms with Gasteiger partial charge in [0.25, 0.3) is 0 Å². The van der Waals surface area contributed by atoms with E-state index in [4.69, 9.17) is 16.3 Å². The van der Waals surface area contributed by atoms with Gasteiger partial charge >= 0.3 is 0 Å². The summed E-state index contributed by atoms with van der Waals surface area (Å²) in [6.45, 7) is 3.90. The summed E-state index contributed by atoms with van der Waals surface area (Å²) in [6.07, 6.45) is -0.299. The van der Waals surface area contributed by atoms with E-state index >= 15 is 0 Å². The van der Waals surface area contributed by atoms with E-state index in [1.54, 1.807) is 23.9 Å². The first-order chi connectivity index (χ1) is 12.4. The van der Waals surface area contributed by atoms with Crippen molar-refractivity contribution in [3.63, 3.8) is 0 Å². The monoisotopic (exact) mass is 391 g/mol. The molecule has 0 spiro atoms. The molecule has 2 aromatic carbocycles. The molecule has 7 heteroatoms. The summed E-state index contributed by atoms with van der Waals surface area (Å²) in [5.74, 6) is 1.79. The van der Waals surface area contributed by atoms with Crippen molar-refractivity contribution in [1.82, 2.24) is 14.8 Å². The zero-order chi connectivity index (χ0) is 18.7. The number of aromatic nitrogens is 3. The lowest BCUT2D eigenvalue weighted by atomic mass is 10.2. The van der Waals surface area contributed by atoms with Crippen LogP contribution in [0.15, 0.2) is 47.6 Å². The van der Waals surface area contributed by atoms with Crippen molar-refractivity contribution in [2.24, 2.45) is 7.05 Å². The summed E-state index contributed by atoms with van der Waals surface area (Å²) in [5.41, 5.74) is 2.10. The maximum absolute atomic E-state index is 13.0. The molecule has 0 aliphatic carbocycles. The summed E-state index contributed by atoms with van der Waals surface area (Å²) in [7, 11) is 1.90. The highest BCUT2D eigenvalue weighted by Crippen LogP contribution is 2.30. The van der Waals surface area contributed by atoms with Gasteiger partial charge in [0.15, 0.2) is 17.1 Å². The fourth-order valence-electron chi connectivity index (χ4n) is 2.48. The second kappa shape index (κ2) is 8.10. The number of hydrogen-bond donors (Lipinski definition) is 0. The van der Waals surface area contributed by atoms with Gasteiger partial charge < -0.3 is 9.30 Å². The fraction of sp³-hybridized carbons (Fsp3) is 0.263. The van der Waals surface area contributed by atoms with E-state index in [1.165, 1.54) is 12.1 Å². The third kappa shape index (κ3) is 4.37. The minimum absolute atomic E-state index is 0.236. The number of rotatable bonds is 6. The number of halogens is 2. The Morgan fingerprint density at radius 1 is 1.19 bits per heavy atom. The van der Waals surface area contributed by atoms with Crippen LogP contribution in [0.4, 0.5) is 4.39 Å². The van der Waals surface area contributed by atoms with Crippen molar-refractivity contribution in [2.75, 3.05) is 0 Å². The molecule has 1 aromatic heterocycles. The van der Waals surface area contributed by atoms with E-state index in [2.05, 4.69) is 10.2 Å². The zero-order valence-corrected chi connectivity index (χ0v) is 16.3. The summed E-state index contributed by atoms with van der Waals surface area (Å²) in [5, 5.41) is 9.83. The lowest BCUT2D eigenvalue weighted by Crippen LogP contribution is -2.10. The summed E-state index contributed by atoms with van der Waals surface area (Å²) >= 11 is 7.74. The van der Waals surface area contributed by atoms with Crippen LogP contribution in [0.2, 0.25) is 5.02 Å². The molecule has 136 valence electrons. The molecule has 1 heterocycles. The van der Waals surface area contributed by atoms with Crippen LogP contribution in [-0.2, 0) is 12.8 Å². The number of thioether (sulfide) groups is 1. The van der Waals surface area contributed by atoms with Crippen LogP contribution >= 0.6 is 23.4 Å². The van der Waals surface area contributed by atoms with Gasteiger partial charge in [-0.3, -0.25) is 0 Å². The summed E-state index contributed by atoms with van der Waals surface area (Å²) in [4.78, 5) is 0. The van der Waals surface area contributed by atoms with Crippen molar-refractivity contribution in [3.8, 4) is 5.75 Å². The van der Waals surface area contributed by atoms with Gasteiger partial charge in [-0.15, -0.1) is 10.2 Å². The lowest BCUT2D eigenvalue weighted by molar-refractivity contribution is 0.211. The first-order valence-corrected chi connectivity index (χ1v) is 9.49. The standard InChI is InChI=1S/C19H19ClFN3OS/c1-12-4-9-16(20)17(10-12)25-13(2)18-22-23-19(24(18)3)26-11-14-5-7-15(21)8-6-14/h4-10,13H,11H2,1-3H3. The van der Waals surface area contributed by atoms with Gasteiger partial charge in [-0.05, 0) is 49.2 Å². The first kappa shape index (κ1) is 18.7. The first-order valence-electron chi connectivity index (χ1n) is 8.13. The van der Waals surface area contributed by atoms with Gasteiger partial charge in [0.1, 0.15) is 11.6 Å². The topological polar surface area (TPSA) is 39.9 Å². The van der Waals surface area contributed by atoms with E-state index < -0.39 is 0 Å². The van der Waals surface area contributed by atoms with Crippen LogP contribution in [0, 0.1) is 12.7 Å². The Kier molecular flexibility index (Phi) is 5.84.